The van der Waals surface area contributed by atoms with E-state index in [1.165, 1.54) is 6.26 Å². The van der Waals surface area contributed by atoms with Crippen molar-refractivity contribution in [1.82, 2.24) is 14.9 Å². The molecule has 1 aromatic carbocycles. The van der Waals surface area contributed by atoms with E-state index in [0.717, 1.165) is 36.9 Å². The Balaban J connectivity index is 1.79. The fraction of sp³-hybridized carbons (Fsp3) is 0.348. The van der Waals surface area contributed by atoms with Crippen LogP contribution in [0.2, 0.25) is 0 Å². The lowest BCUT2D eigenvalue weighted by molar-refractivity contribution is 0.0636. The number of anilines is 2. The predicted molar refractivity (Wildman–Crippen MR) is 121 cm³/mol. The third-order valence-corrected chi connectivity index (χ3v) is 6.84. The lowest BCUT2D eigenvalue weighted by atomic mass is 10.0. The van der Waals surface area contributed by atoms with E-state index in [1.807, 2.05) is 24.0 Å². The predicted octanol–water partition coefficient (Wildman–Crippen LogP) is 4.10. The first kappa shape index (κ1) is 21.2. The van der Waals surface area contributed by atoms with Crippen molar-refractivity contribution < 1.29 is 13.2 Å². The number of hydrogen-bond acceptors (Lipinski definition) is 6. The van der Waals surface area contributed by atoms with Gasteiger partial charge >= 0.3 is 0 Å². The highest BCUT2D eigenvalue weighted by Crippen LogP contribution is 2.31. The first-order valence-electron chi connectivity index (χ1n) is 10.4. The van der Waals surface area contributed by atoms with Gasteiger partial charge in [-0.25, -0.2) is 18.4 Å². The van der Waals surface area contributed by atoms with E-state index >= 15 is 0 Å². The molecule has 31 heavy (non-hydrogen) atoms. The van der Waals surface area contributed by atoms with Crippen LogP contribution in [-0.4, -0.2) is 48.0 Å². The monoisotopic (exact) mass is 438 g/mol. The molecule has 8 heteroatoms. The third kappa shape index (κ3) is 4.39. The summed E-state index contributed by atoms with van der Waals surface area (Å²) in [6.45, 7) is 4.70. The van der Waals surface area contributed by atoms with Crippen LogP contribution < -0.4 is 5.32 Å². The number of carbonyl (C=O) groups is 1. The van der Waals surface area contributed by atoms with E-state index in [9.17, 15) is 13.2 Å². The molecule has 7 nitrogen and oxygen atoms in total. The van der Waals surface area contributed by atoms with Crippen molar-refractivity contribution in [3.8, 4) is 0 Å². The summed E-state index contributed by atoms with van der Waals surface area (Å²) >= 11 is 0. The van der Waals surface area contributed by atoms with Gasteiger partial charge in [-0.15, -0.1) is 0 Å². The number of fused-ring (bicyclic) bond motifs is 1. The van der Waals surface area contributed by atoms with Crippen molar-refractivity contribution in [3.63, 3.8) is 0 Å². The molecule has 4 rings (SSSR count). The average molecular weight is 439 g/mol. The molecule has 1 N–H and O–H groups in total. The number of nitrogens with zero attached hydrogens (tertiary/aromatic N) is 3. The zero-order chi connectivity index (χ0) is 22.2. The van der Waals surface area contributed by atoms with E-state index in [1.54, 1.807) is 30.5 Å². The van der Waals surface area contributed by atoms with Crippen molar-refractivity contribution in [3.05, 3.63) is 53.9 Å². The van der Waals surface area contributed by atoms with Crippen LogP contribution in [0, 0.1) is 6.92 Å². The summed E-state index contributed by atoms with van der Waals surface area (Å²) in [5.41, 5.74) is 3.19. The minimum atomic E-state index is -3.28. The maximum Gasteiger partial charge on any atom is 0.257 e. The second kappa shape index (κ2) is 8.26. The number of aromatic nitrogens is 2. The number of pyridine rings is 2. The molecule has 1 saturated heterocycles. The maximum atomic E-state index is 13.5. The van der Waals surface area contributed by atoms with Gasteiger partial charge in [0.15, 0.2) is 15.5 Å². The fourth-order valence-electron chi connectivity index (χ4n) is 3.95. The van der Waals surface area contributed by atoms with Crippen LogP contribution in [0.15, 0.2) is 47.5 Å². The van der Waals surface area contributed by atoms with Crippen LogP contribution in [0.3, 0.4) is 0 Å². The number of aryl methyl sites for hydroxylation is 1. The Morgan fingerprint density at radius 2 is 1.87 bits per heavy atom. The molecule has 1 aliphatic rings. The van der Waals surface area contributed by atoms with Gasteiger partial charge in [0.05, 0.1) is 16.1 Å². The molecule has 2 aromatic heterocycles. The standard InChI is InChI=1S/C23H26N4O3S/c1-15-7-12-19-21(26-17-8-10-18(11-9-17)31(3,29)30)20(14-24-22(19)25-15)23(28)27-13-5-4-6-16(27)2/h7-12,14,16H,4-6,13H2,1-3H3,(H,24,25,26)/t16-/m0/s1. The van der Waals surface area contributed by atoms with E-state index in [2.05, 4.69) is 22.2 Å². The summed E-state index contributed by atoms with van der Waals surface area (Å²) in [6, 6.07) is 10.5. The van der Waals surface area contributed by atoms with Crippen LogP contribution in [0.25, 0.3) is 11.0 Å². The average Bonchev–Trinajstić information content (AvgIpc) is 2.73. The van der Waals surface area contributed by atoms with E-state index in [0.29, 0.717) is 22.6 Å². The van der Waals surface area contributed by atoms with Gasteiger partial charge in [0.25, 0.3) is 5.91 Å². The van der Waals surface area contributed by atoms with Gasteiger partial charge in [0, 0.05) is 41.8 Å². The van der Waals surface area contributed by atoms with E-state index in [4.69, 9.17) is 0 Å². The molecular formula is C23H26N4O3S. The smallest absolute Gasteiger partial charge is 0.257 e. The molecule has 1 atom stereocenters. The molecule has 0 saturated carbocycles. The Kier molecular flexibility index (Phi) is 5.66. The van der Waals surface area contributed by atoms with Crippen LogP contribution in [0.5, 0.6) is 0 Å². The summed E-state index contributed by atoms with van der Waals surface area (Å²) in [5.74, 6) is -0.0579. The van der Waals surface area contributed by atoms with Gasteiger partial charge in [-0.3, -0.25) is 4.79 Å². The van der Waals surface area contributed by atoms with Crippen LogP contribution in [0.1, 0.15) is 42.2 Å². The molecule has 1 fully saturated rings. The normalized spacial score (nSPS) is 17.0. The molecule has 0 spiro atoms. The lowest BCUT2D eigenvalue weighted by Gasteiger charge is -2.34. The molecule has 1 amide bonds. The molecule has 3 heterocycles. The minimum absolute atomic E-state index is 0.0579. The molecule has 0 radical (unpaired) electrons. The zero-order valence-corrected chi connectivity index (χ0v) is 18.7. The second-order valence-electron chi connectivity index (χ2n) is 8.14. The number of sulfone groups is 1. The summed E-state index contributed by atoms with van der Waals surface area (Å²) in [5, 5.41) is 4.07. The van der Waals surface area contributed by atoms with Gasteiger partial charge in [-0.1, -0.05) is 0 Å². The largest absolute Gasteiger partial charge is 0.354 e. The van der Waals surface area contributed by atoms with Gasteiger partial charge < -0.3 is 10.2 Å². The Bertz CT molecular complexity index is 1240. The van der Waals surface area contributed by atoms with Crippen molar-refractivity contribution >= 4 is 38.2 Å². The molecule has 0 unspecified atom stereocenters. The molecular weight excluding hydrogens is 412 g/mol. The number of carbonyl (C=O) groups excluding carboxylic acids is 1. The zero-order valence-electron chi connectivity index (χ0n) is 17.9. The summed E-state index contributed by atoms with van der Waals surface area (Å²) in [7, 11) is -3.28. The topological polar surface area (TPSA) is 92.3 Å². The number of likely N-dealkylation sites (tertiary alicyclic amines) is 1. The first-order chi connectivity index (χ1) is 14.7. The minimum Gasteiger partial charge on any atom is -0.354 e. The molecule has 162 valence electrons. The second-order valence-corrected chi connectivity index (χ2v) is 10.2. The number of benzene rings is 1. The van der Waals surface area contributed by atoms with Crippen LogP contribution in [-0.2, 0) is 9.84 Å². The first-order valence-corrected chi connectivity index (χ1v) is 12.3. The van der Waals surface area contributed by atoms with Crippen molar-refractivity contribution in [2.45, 2.75) is 44.0 Å². The van der Waals surface area contributed by atoms with Gasteiger partial charge in [-0.2, -0.15) is 0 Å². The number of rotatable bonds is 4. The Labute approximate surface area is 182 Å². The van der Waals surface area contributed by atoms with Crippen LogP contribution >= 0.6 is 0 Å². The maximum absolute atomic E-state index is 13.5. The Morgan fingerprint density at radius 1 is 1.13 bits per heavy atom. The van der Waals surface area contributed by atoms with E-state index in [-0.39, 0.29) is 16.8 Å². The van der Waals surface area contributed by atoms with E-state index < -0.39 is 9.84 Å². The highest BCUT2D eigenvalue weighted by molar-refractivity contribution is 7.90. The molecule has 0 aliphatic carbocycles. The summed E-state index contributed by atoms with van der Waals surface area (Å²) < 4.78 is 23.5. The number of hydrogen-bond donors (Lipinski definition) is 1. The third-order valence-electron chi connectivity index (χ3n) is 5.72. The number of piperidine rings is 1. The van der Waals surface area contributed by atoms with Crippen LogP contribution in [0.4, 0.5) is 11.4 Å². The lowest BCUT2D eigenvalue weighted by Crippen LogP contribution is -2.42. The van der Waals surface area contributed by atoms with Gasteiger partial charge in [0.1, 0.15) is 0 Å². The SMILES string of the molecule is Cc1ccc2c(Nc3ccc(S(C)(=O)=O)cc3)c(C(=O)N3CCCC[C@@H]3C)cnc2n1. The highest BCUT2D eigenvalue weighted by Gasteiger charge is 2.27. The quantitative estimate of drug-likeness (QED) is 0.659. The van der Waals surface area contributed by atoms with Gasteiger partial charge in [0.2, 0.25) is 0 Å². The summed E-state index contributed by atoms with van der Waals surface area (Å²) in [4.78, 5) is 24.6. The molecule has 0 bridgehead atoms. The highest BCUT2D eigenvalue weighted by atomic mass is 32.2. The van der Waals surface area contributed by atoms with Crippen molar-refractivity contribution in [2.75, 3.05) is 18.1 Å². The molecule has 3 aromatic rings. The number of amides is 1. The Morgan fingerprint density at radius 3 is 2.55 bits per heavy atom. The van der Waals surface area contributed by atoms with Crippen molar-refractivity contribution in [1.29, 1.82) is 0 Å². The van der Waals surface area contributed by atoms with Gasteiger partial charge in [-0.05, 0) is 69.5 Å². The number of nitrogens with one attached hydrogen (secondary N) is 1. The Hall–Kier alpha value is -3.00. The van der Waals surface area contributed by atoms with Crippen molar-refractivity contribution in [2.24, 2.45) is 0 Å². The molecule has 1 aliphatic heterocycles. The fourth-order valence-corrected chi connectivity index (χ4v) is 4.58. The summed E-state index contributed by atoms with van der Waals surface area (Å²) in [6.07, 6.45) is 5.88.